The molecule has 1 aliphatic rings. The third-order valence-corrected chi connectivity index (χ3v) is 3.50. The zero-order valence-electron chi connectivity index (χ0n) is 11.8. The van der Waals surface area contributed by atoms with Crippen molar-refractivity contribution in [2.24, 2.45) is 11.7 Å². The molecule has 0 fully saturated rings. The predicted octanol–water partition coefficient (Wildman–Crippen LogP) is 2.11. The third-order valence-electron chi connectivity index (χ3n) is 3.50. The lowest BCUT2D eigenvalue weighted by molar-refractivity contribution is -0.145. The monoisotopic (exact) mass is 299 g/mol. The molecule has 20 heavy (non-hydrogen) atoms. The molecule has 0 saturated carbocycles. The zero-order valence-corrected chi connectivity index (χ0v) is 12.6. The first-order valence-electron chi connectivity index (χ1n) is 6.83. The van der Waals surface area contributed by atoms with Gasteiger partial charge in [-0.25, -0.2) is 4.79 Å². The summed E-state index contributed by atoms with van der Waals surface area (Å²) < 4.78 is 10.3. The molecule has 0 bridgehead atoms. The van der Waals surface area contributed by atoms with E-state index in [2.05, 4.69) is 6.07 Å². The number of hydrogen-bond donors (Lipinski definition) is 1. The van der Waals surface area contributed by atoms with Gasteiger partial charge < -0.3 is 15.2 Å². The lowest BCUT2D eigenvalue weighted by Crippen LogP contribution is -2.22. The Balaban J connectivity index is 0.00000200. The second-order valence-electron chi connectivity index (χ2n) is 4.87. The van der Waals surface area contributed by atoms with Gasteiger partial charge in [0, 0.05) is 0 Å². The Bertz CT molecular complexity index is 451. The van der Waals surface area contributed by atoms with Gasteiger partial charge in [-0.15, -0.1) is 12.4 Å². The summed E-state index contributed by atoms with van der Waals surface area (Å²) in [6, 6.07) is 6.02. The first kappa shape index (κ1) is 16.8. The van der Waals surface area contributed by atoms with Crippen molar-refractivity contribution < 1.29 is 14.3 Å². The molecule has 0 saturated heterocycles. The minimum Gasteiger partial charge on any atom is -0.482 e. The van der Waals surface area contributed by atoms with Gasteiger partial charge >= 0.3 is 5.97 Å². The topological polar surface area (TPSA) is 61.5 Å². The average Bonchev–Trinajstić information content (AvgIpc) is 2.44. The van der Waals surface area contributed by atoms with Crippen molar-refractivity contribution in [2.45, 2.75) is 26.2 Å². The van der Waals surface area contributed by atoms with Crippen LogP contribution in [0.3, 0.4) is 0 Å². The van der Waals surface area contributed by atoms with Gasteiger partial charge in [0.2, 0.25) is 0 Å². The predicted molar refractivity (Wildman–Crippen MR) is 80.4 cm³/mol. The van der Waals surface area contributed by atoms with Crippen LogP contribution in [-0.2, 0) is 22.4 Å². The molecule has 0 spiro atoms. The number of ether oxygens (including phenoxy) is 2. The Morgan fingerprint density at radius 2 is 2.20 bits per heavy atom. The first-order chi connectivity index (χ1) is 9.22. The molecule has 2 rings (SSSR count). The summed E-state index contributed by atoms with van der Waals surface area (Å²) >= 11 is 0. The van der Waals surface area contributed by atoms with Crippen molar-refractivity contribution in [3.63, 3.8) is 0 Å². The normalized spacial score (nSPS) is 16.8. The smallest absolute Gasteiger partial charge is 0.344 e. The SMILES string of the molecule is CCOC(=O)COc1ccc2c(c1)CC[C@@H](CN)C2.Cl. The summed E-state index contributed by atoms with van der Waals surface area (Å²) in [7, 11) is 0. The van der Waals surface area contributed by atoms with Gasteiger partial charge in [-0.1, -0.05) is 6.07 Å². The molecule has 2 N–H and O–H groups in total. The van der Waals surface area contributed by atoms with Crippen molar-refractivity contribution in [3.05, 3.63) is 29.3 Å². The molecule has 1 aromatic carbocycles. The van der Waals surface area contributed by atoms with Gasteiger partial charge in [0.25, 0.3) is 0 Å². The number of benzene rings is 1. The summed E-state index contributed by atoms with van der Waals surface area (Å²) in [5.41, 5.74) is 8.39. The number of rotatable bonds is 5. The van der Waals surface area contributed by atoms with Crippen LogP contribution in [-0.4, -0.2) is 25.7 Å². The number of carbonyl (C=O) groups is 1. The van der Waals surface area contributed by atoms with Crippen molar-refractivity contribution in [1.29, 1.82) is 0 Å². The molecule has 0 heterocycles. The zero-order chi connectivity index (χ0) is 13.7. The lowest BCUT2D eigenvalue weighted by Gasteiger charge is -2.23. The van der Waals surface area contributed by atoms with Crippen LogP contribution in [0, 0.1) is 5.92 Å². The van der Waals surface area contributed by atoms with Gasteiger partial charge in [0.05, 0.1) is 6.61 Å². The highest BCUT2D eigenvalue weighted by Gasteiger charge is 2.18. The van der Waals surface area contributed by atoms with Crippen LogP contribution >= 0.6 is 12.4 Å². The number of halogens is 1. The molecule has 1 aliphatic carbocycles. The van der Waals surface area contributed by atoms with Gasteiger partial charge in [-0.3, -0.25) is 0 Å². The molecule has 112 valence electrons. The Kier molecular flexibility index (Phi) is 6.82. The second kappa shape index (κ2) is 8.12. The van der Waals surface area contributed by atoms with Crippen LogP contribution in [0.5, 0.6) is 5.75 Å². The fourth-order valence-electron chi connectivity index (χ4n) is 2.44. The molecule has 1 aromatic rings. The van der Waals surface area contributed by atoms with E-state index in [1.54, 1.807) is 6.92 Å². The molecule has 0 aliphatic heterocycles. The van der Waals surface area contributed by atoms with Gasteiger partial charge in [0.1, 0.15) is 5.75 Å². The summed E-state index contributed by atoms with van der Waals surface area (Å²) in [6.07, 6.45) is 3.21. The fourth-order valence-corrected chi connectivity index (χ4v) is 2.44. The number of hydrogen-bond acceptors (Lipinski definition) is 4. The van der Waals surface area contributed by atoms with E-state index in [1.807, 2.05) is 12.1 Å². The highest BCUT2D eigenvalue weighted by Crippen LogP contribution is 2.28. The summed E-state index contributed by atoms with van der Waals surface area (Å²) in [4.78, 5) is 11.2. The summed E-state index contributed by atoms with van der Waals surface area (Å²) in [5.74, 6) is 1.00. The molecule has 5 heteroatoms. The van der Waals surface area contributed by atoms with Crippen LogP contribution in [0.1, 0.15) is 24.5 Å². The van der Waals surface area contributed by atoms with Crippen molar-refractivity contribution in [2.75, 3.05) is 19.8 Å². The van der Waals surface area contributed by atoms with Crippen LogP contribution in [0.25, 0.3) is 0 Å². The van der Waals surface area contributed by atoms with E-state index in [4.69, 9.17) is 15.2 Å². The summed E-state index contributed by atoms with van der Waals surface area (Å²) in [6.45, 7) is 2.89. The number of carbonyl (C=O) groups excluding carboxylic acids is 1. The third kappa shape index (κ3) is 4.39. The van der Waals surface area contributed by atoms with Crippen LogP contribution in [0.4, 0.5) is 0 Å². The maximum atomic E-state index is 11.2. The minimum atomic E-state index is -0.330. The molecule has 4 nitrogen and oxygen atoms in total. The van der Waals surface area contributed by atoms with E-state index in [-0.39, 0.29) is 25.0 Å². The molecule has 0 aromatic heterocycles. The number of nitrogens with two attached hydrogens (primary N) is 1. The minimum absolute atomic E-state index is 0. The Morgan fingerprint density at radius 1 is 1.40 bits per heavy atom. The maximum Gasteiger partial charge on any atom is 0.344 e. The quantitative estimate of drug-likeness (QED) is 0.846. The number of esters is 1. The van der Waals surface area contributed by atoms with Crippen LogP contribution < -0.4 is 10.5 Å². The highest BCUT2D eigenvalue weighted by atomic mass is 35.5. The van der Waals surface area contributed by atoms with Gasteiger partial charge in [-0.05, 0) is 61.9 Å². The van der Waals surface area contributed by atoms with E-state index < -0.39 is 0 Å². The van der Waals surface area contributed by atoms with Gasteiger partial charge in [0.15, 0.2) is 6.61 Å². The molecular formula is C15H22ClNO3. The van der Waals surface area contributed by atoms with E-state index >= 15 is 0 Å². The number of fused-ring (bicyclic) bond motifs is 1. The Labute approximate surface area is 126 Å². The Hall–Kier alpha value is -1.26. The van der Waals surface area contributed by atoms with Crippen molar-refractivity contribution in [1.82, 2.24) is 0 Å². The Morgan fingerprint density at radius 3 is 2.90 bits per heavy atom. The standard InChI is InChI=1S/C15H21NO3.ClH/c1-2-18-15(17)10-19-14-6-5-12-7-11(9-16)3-4-13(12)8-14;/h5-6,8,11H,2-4,7,9-10,16H2,1H3;1H/t11-;/m1./s1. The van der Waals surface area contributed by atoms with Crippen LogP contribution in [0.15, 0.2) is 18.2 Å². The van der Waals surface area contributed by atoms with Crippen molar-refractivity contribution >= 4 is 18.4 Å². The van der Waals surface area contributed by atoms with Crippen LogP contribution in [0.2, 0.25) is 0 Å². The molecule has 1 atom stereocenters. The molecular weight excluding hydrogens is 278 g/mol. The summed E-state index contributed by atoms with van der Waals surface area (Å²) in [5, 5.41) is 0. The largest absolute Gasteiger partial charge is 0.482 e. The second-order valence-corrected chi connectivity index (χ2v) is 4.87. The molecule has 0 radical (unpaired) electrons. The fraction of sp³-hybridized carbons (Fsp3) is 0.533. The van der Waals surface area contributed by atoms with E-state index in [0.717, 1.165) is 31.6 Å². The average molecular weight is 300 g/mol. The van der Waals surface area contributed by atoms with E-state index in [1.165, 1.54) is 11.1 Å². The first-order valence-corrected chi connectivity index (χ1v) is 6.83. The molecule has 0 unspecified atom stereocenters. The lowest BCUT2D eigenvalue weighted by atomic mass is 9.84. The van der Waals surface area contributed by atoms with E-state index in [9.17, 15) is 4.79 Å². The van der Waals surface area contributed by atoms with Crippen molar-refractivity contribution in [3.8, 4) is 5.75 Å². The maximum absolute atomic E-state index is 11.2. The van der Waals surface area contributed by atoms with E-state index in [0.29, 0.717) is 12.5 Å². The molecule has 0 amide bonds. The van der Waals surface area contributed by atoms with Gasteiger partial charge in [-0.2, -0.15) is 0 Å². The highest BCUT2D eigenvalue weighted by molar-refractivity contribution is 5.85. The number of aryl methyl sites for hydroxylation is 1.